The lowest BCUT2D eigenvalue weighted by Crippen LogP contribution is -2.06. The number of aromatic carboxylic acids is 1. The first kappa shape index (κ1) is 13.7. The first-order chi connectivity index (χ1) is 10.6. The Morgan fingerprint density at radius 3 is 2.55 bits per heavy atom. The number of anilines is 3. The van der Waals surface area contributed by atoms with E-state index >= 15 is 0 Å². The van der Waals surface area contributed by atoms with Gasteiger partial charge in [0.25, 0.3) is 0 Å². The number of fused-ring (bicyclic) bond motifs is 1. The Labute approximate surface area is 124 Å². The van der Waals surface area contributed by atoms with Crippen LogP contribution < -0.4 is 16.7 Å². The summed E-state index contributed by atoms with van der Waals surface area (Å²) in [6.45, 7) is 0. The van der Waals surface area contributed by atoms with Crippen LogP contribution in [0.5, 0.6) is 0 Å². The summed E-state index contributed by atoms with van der Waals surface area (Å²) in [5, 5.41) is 13.0. The monoisotopic (exact) mass is 296 g/mol. The fraction of sp³-hybridized carbons (Fsp3) is 0. The van der Waals surface area contributed by atoms with Crippen LogP contribution in [0.1, 0.15) is 10.4 Å². The van der Waals surface area contributed by atoms with E-state index < -0.39 is 11.6 Å². The maximum atomic E-state index is 11.8. The molecule has 0 spiro atoms. The van der Waals surface area contributed by atoms with Crippen molar-refractivity contribution < 1.29 is 14.3 Å². The number of carboxylic acid groups (broad SMARTS) is 1. The predicted molar refractivity (Wildman–Crippen MR) is 83.6 cm³/mol. The van der Waals surface area contributed by atoms with Crippen molar-refractivity contribution in [3.8, 4) is 0 Å². The highest BCUT2D eigenvalue weighted by Gasteiger charge is 2.12. The summed E-state index contributed by atoms with van der Waals surface area (Å²) in [5.74, 6) is -1.08. The molecule has 0 amide bonds. The van der Waals surface area contributed by atoms with Crippen LogP contribution in [0.4, 0.5) is 17.3 Å². The summed E-state index contributed by atoms with van der Waals surface area (Å²) in [7, 11) is 0. The number of rotatable bonds is 3. The van der Waals surface area contributed by atoms with Crippen molar-refractivity contribution in [1.29, 1.82) is 0 Å². The summed E-state index contributed by atoms with van der Waals surface area (Å²) in [4.78, 5) is 22.8. The van der Waals surface area contributed by atoms with E-state index in [0.717, 1.165) is 0 Å². The van der Waals surface area contributed by atoms with E-state index in [1.54, 1.807) is 36.4 Å². The molecule has 0 aliphatic carbocycles. The van der Waals surface area contributed by atoms with Gasteiger partial charge in [-0.1, -0.05) is 24.3 Å². The van der Waals surface area contributed by atoms with Gasteiger partial charge in [-0.25, -0.2) is 9.59 Å². The minimum Gasteiger partial charge on any atom is -0.478 e. The van der Waals surface area contributed by atoms with Gasteiger partial charge in [0.15, 0.2) is 0 Å². The lowest BCUT2D eigenvalue weighted by Gasteiger charge is -2.11. The Morgan fingerprint density at radius 2 is 1.82 bits per heavy atom. The topological polar surface area (TPSA) is 106 Å². The largest absolute Gasteiger partial charge is 0.478 e. The zero-order valence-electron chi connectivity index (χ0n) is 11.4. The number of nitrogens with two attached hydrogens (primary N) is 1. The second-order valence-electron chi connectivity index (χ2n) is 4.69. The van der Waals surface area contributed by atoms with Gasteiger partial charge in [-0.15, -0.1) is 0 Å². The molecule has 3 aromatic rings. The van der Waals surface area contributed by atoms with Crippen LogP contribution in [0, 0.1) is 0 Å². The van der Waals surface area contributed by atoms with Gasteiger partial charge in [0.2, 0.25) is 5.88 Å². The first-order valence-electron chi connectivity index (χ1n) is 6.48. The van der Waals surface area contributed by atoms with Gasteiger partial charge >= 0.3 is 11.6 Å². The molecule has 0 fully saturated rings. The molecule has 6 heteroatoms. The van der Waals surface area contributed by atoms with Crippen molar-refractivity contribution in [2.24, 2.45) is 0 Å². The summed E-state index contributed by atoms with van der Waals surface area (Å²) >= 11 is 0. The highest BCUT2D eigenvalue weighted by molar-refractivity contribution is 5.98. The quantitative estimate of drug-likeness (QED) is 0.686. The third-order valence-corrected chi connectivity index (χ3v) is 3.24. The molecule has 1 heterocycles. The second-order valence-corrected chi connectivity index (χ2v) is 4.69. The zero-order chi connectivity index (χ0) is 15.7. The van der Waals surface area contributed by atoms with Crippen molar-refractivity contribution in [3.05, 3.63) is 64.5 Å². The summed E-state index contributed by atoms with van der Waals surface area (Å²) in [6, 6.07) is 13.2. The molecular weight excluding hydrogens is 284 g/mol. The number of carboxylic acids is 1. The van der Waals surface area contributed by atoms with Gasteiger partial charge in [0, 0.05) is 11.1 Å². The highest BCUT2D eigenvalue weighted by Crippen LogP contribution is 2.30. The molecular formula is C16H12N2O4. The Balaban J connectivity index is 2.13. The van der Waals surface area contributed by atoms with Crippen molar-refractivity contribution >= 4 is 34.0 Å². The van der Waals surface area contributed by atoms with Crippen LogP contribution in [0.3, 0.4) is 0 Å². The molecule has 0 saturated carbocycles. The summed E-state index contributed by atoms with van der Waals surface area (Å²) in [6.07, 6.45) is 0. The molecule has 4 N–H and O–H groups in total. The Bertz CT molecular complexity index is 931. The molecule has 0 aliphatic rings. The van der Waals surface area contributed by atoms with E-state index in [2.05, 4.69) is 5.32 Å². The number of nitrogens with one attached hydrogen (secondary N) is 1. The number of carbonyl (C=O) groups is 1. The highest BCUT2D eigenvalue weighted by atomic mass is 16.4. The summed E-state index contributed by atoms with van der Waals surface area (Å²) < 4.78 is 5.01. The van der Waals surface area contributed by atoms with Crippen LogP contribution in [0.25, 0.3) is 10.8 Å². The van der Waals surface area contributed by atoms with Crippen LogP contribution >= 0.6 is 0 Å². The average Bonchev–Trinajstić information content (AvgIpc) is 2.52. The minimum absolute atomic E-state index is 0.0515. The Kier molecular flexibility index (Phi) is 3.27. The van der Waals surface area contributed by atoms with E-state index in [1.807, 2.05) is 0 Å². The van der Waals surface area contributed by atoms with Gasteiger partial charge < -0.3 is 20.6 Å². The molecule has 0 aliphatic heterocycles. The minimum atomic E-state index is -1.03. The van der Waals surface area contributed by atoms with Gasteiger partial charge in [0.05, 0.1) is 10.9 Å². The zero-order valence-corrected chi connectivity index (χ0v) is 11.4. The average molecular weight is 296 g/mol. The van der Waals surface area contributed by atoms with Gasteiger partial charge in [0.1, 0.15) is 5.69 Å². The van der Waals surface area contributed by atoms with E-state index in [9.17, 15) is 9.59 Å². The maximum absolute atomic E-state index is 11.8. The molecule has 1 aromatic heterocycles. The normalized spacial score (nSPS) is 10.5. The number of nitrogen functional groups attached to an aromatic ring is 1. The smallest absolute Gasteiger partial charge is 0.345 e. The third-order valence-electron chi connectivity index (χ3n) is 3.24. The van der Waals surface area contributed by atoms with Crippen molar-refractivity contribution in [3.63, 3.8) is 0 Å². The fourth-order valence-corrected chi connectivity index (χ4v) is 2.22. The standard InChI is InChI=1S/C16H12N2O4/c17-14-13(11-6-1-2-7-12(11)16(21)22-14)18-10-5-3-4-9(8-10)15(19)20/h1-8,18H,17H2,(H,19,20). The van der Waals surface area contributed by atoms with Crippen molar-refractivity contribution in [2.45, 2.75) is 0 Å². The van der Waals surface area contributed by atoms with Gasteiger partial charge in [-0.05, 0) is 24.3 Å². The van der Waals surface area contributed by atoms with Crippen LogP contribution in [-0.2, 0) is 0 Å². The molecule has 6 nitrogen and oxygen atoms in total. The maximum Gasteiger partial charge on any atom is 0.345 e. The first-order valence-corrected chi connectivity index (χ1v) is 6.48. The summed E-state index contributed by atoms with van der Waals surface area (Å²) in [5.41, 5.74) is 6.38. The molecule has 0 unspecified atom stereocenters. The molecule has 110 valence electrons. The van der Waals surface area contributed by atoms with E-state index in [1.165, 1.54) is 12.1 Å². The number of benzene rings is 2. The predicted octanol–water partition coefficient (Wildman–Crippen LogP) is 2.82. The molecule has 22 heavy (non-hydrogen) atoms. The van der Waals surface area contributed by atoms with Crippen LogP contribution in [0.15, 0.2) is 57.7 Å². The molecule has 3 rings (SSSR count). The SMILES string of the molecule is Nc1oc(=O)c2ccccc2c1Nc1cccc(C(=O)O)c1. The Morgan fingerprint density at radius 1 is 1.09 bits per heavy atom. The van der Waals surface area contributed by atoms with Gasteiger partial charge in [-0.3, -0.25) is 0 Å². The lowest BCUT2D eigenvalue weighted by atomic mass is 10.1. The lowest BCUT2D eigenvalue weighted by molar-refractivity contribution is 0.0697. The van der Waals surface area contributed by atoms with Gasteiger partial charge in [-0.2, -0.15) is 0 Å². The van der Waals surface area contributed by atoms with E-state index in [4.69, 9.17) is 15.3 Å². The molecule has 2 aromatic carbocycles. The number of hydrogen-bond acceptors (Lipinski definition) is 5. The van der Waals surface area contributed by atoms with Crippen LogP contribution in [0.2, 0.25) is 0 Å². The molecule has 0 atom stereocenters. The van der Waals surface area contributed by atoms with Crippen LogP contribution in [-0.4, -0.2) is 11.1 Å². The van der Waals surface area contributed by atoms with E-state index in [0.29, 0.717) is 22.1 Å². The van der Waals surface area contributed by atoms with Crippen molar-refractivity contribution in [1.82, 2.24) is 0 Å². The molecule has 0 saturated heterocycles. The van der Waals surface area contributed by atoms with E-state index in [-0.39, 0.29) is 11.4 Å². The third kappa shape index (κ3) is 2.37. The number of hydrogen-bond donors (Lipinski definition) is 3. The second kappa shape index (κ2) is 5.25. The van der Waals surface area contributed by atoms with Crippen molar-refractivity contribution in [2.75, 3.05) is 11.1 Å². The Hall–Kier alpha value is -3.28. The fourth-order valence-electron chi connectivity index (χ4n) is 2.22. The molecule has 0 bridgehead atoms. The molecule has 0 radical (unpaired) electrons.